The third kappa shape index (κ3) is 5.16. The van der Waals surface area contributed by atoms with Crippen LogP contribution in [0.15, 0.2) is 38.8 Å². The first kappa shape index (κ1) is 22.9. The summed E-state index contributed by atoms with van der Waals surface area (Å²) in [6.45, 7) is 3.68. The molecule has 8 nitrogen and oxygen atoms in total. The normalized spacial score (nSPS) is 12.1. The number of nitrogens with zero attached hydrogens (tertiary/aromatic N) is 2. The second-order valence-corrected chi connectivity index (χ2v) is 6.34. The van der Waals surface area contributed by atoms with Crippen LogP contribution in [0.4, 0.5) is 24.5 Å². The Morgan fingerprint density at radius 1 is 1.23 bits per heavy atom. The number of aromatic nitrogens is 2. The highest BCUT2D eigenvalue weighted by Gasteiger charge is 2.39. The summed E-state index contributed by atoms with van der Waals surface area (Å²) in [6, 6.07) is 5.47. The standard InChI is InChI=1S/C19H21F3N4O4/c1-3-5-10-26-16(28)14(15(27)25-18(26)30)11(4-2)23-12-8-6-7-9-13(12)24-17(29)19(20,21)22/h6-9,28H,3-5,10H2,1-2H3,(H,24,29)(H,25,27,30). The van der Waals surface area contributed by atoms with Crippen molar-refractivity contribution < 1.29 is 23.1 Å². The summed E-state index contributed by atoms with van der Waals surface area (Å²) < 4.78 is 38.8. The molecule has 0 aliphatic carbocycles. The Kier molecular flexibility index (Phi) is 7.19. The molecule has 0 spiro atoms. The van der Waals surface area contributed by atoms with Crippen molar-refractivity contribution in [3.8, 4) is 5.88 Å². The van der Waals surface area contributed by atoms with Gasteiger partial charge in [-0.2, -0.15) is 13.2 Å². The molecule has 3 N–H and O–H groups in total. The maximum absolute atomic E-state index is 12.6. The van der Waals surface area contributed by atoms with E-state index in [0.29, 0.717) is 6.42 Å². The van der Waals surface area contributed by atoms with Crippen LogP contribution in [0.2, 0.25) is 0 Å². The van der Waals surface area contributed by atoms with E-state index in [9.17, 15) is 32.7 Å². The number of H-pyrrole nitrogens is 1. The molecule has 0 unspecified atom stereocenters. The van der Waals surface area contributed by atoms with Crippen molar-refractivity contribution in [1.29, 1.82) is 0 Å². The molecule has 1 aromatic heterocycles. The summed E-state index contributed by atoms with van der Waals surface area (Å²) in [7, 11) is 0. The number of para-hydroxylation sites is 2. The lowest BCUT2D eigenvalue weighted by molar-refractivity contribution is -0.167. The van der Waals surface area contributed by atoms with Gasteiger partial charge in [-0.1, -0.05) is 32.4 Å². The maximum Gasteiger partial charge on any atom is 0.471 e. The van der Waals surface area contributed by atoms with E-state index in [1.165, 1.54) is 24.3 Å². The van der Waals surface area contributed by atoms with Crippen LogP contribution in [0.25, 0.3) is 0 Å². The molecule has 0 atom stereocenters. The second-order valence-electron chi connectivity index (χ2n) is 6.34. The van der Waals surface area contributed by atoms with Gasteiger partial charge in [-0.05, 0) is 25.0 Å². The topological polar surface area (TPSA) is 117 Å². The molecule has 0 bridgehead atoms. The number of halogens is 3. The Bertz CT molecular complexity index is 1070. The van der Waals surface area contributed by atoms with Gasteiger partial charge >= 0.3 is 17.8 Å². The fraction of sp³-hybridized carbons (Fsp3) is 0.368. The molecule has 1 amide bonds. The Morgan fingerprint density at radius 2 is 1.90 bits per heavy atom. The fourth-order valence-electron chi connectivity index (χ4n) is 2.67. The van der Waals surface area contributed by atoms with Gasteiger partial charge in [0.2, 0.25) is 5.88 Å². The minimum Gasteiger partial charge on any atom is -0.494 e. The number of rotatable bonds is 7. The molecule has 1 heterocycles. The minimum atomic E-state index is -5.09. The number of aromatic hydroxyl groups is 1. The zero-order chi connectivity index (χ0) is 22.5. The van der Waals surface area contributed by atoms with Gasteiger partial charge in [0.1, 0.15) is 5.56 Å². The van der Waals surface area contributed by atoms with Gasteiger partial charge in [0.15, 0.2) is 0 Å². The van der Waals surface area contributed by atoms with Gasteiger partial charge in [-0.15, -0.1) is 0 Å². The first-order valence-corrected chi connectivity index (χ1v) is 9.21. The van der Waals surface area contributed by atoms with E-state index < -0.39 is 29.2 Å². The van der Waals surface area contributed by atoms with Crippen molar-refractivity contribution in [3.05, 3.63) is 50.7 Å². The number of aliphatic imine (C=N–C) groups is 1. The number of hydrogen-bond donors (Lipinski definition) is 3. The predicted octanol–water partition coefficient (Wildman–Crippen LogP) is 3.07. The Morgan fingerprint density at radius 3 is 2.50 bits per heavy atom. The lowest BCUT2D eigenvalue weighted by atomic mass is 10.1. The maximum atomic E-state index is 12.6. The van der Waals surface area contributed by atoms with Crippen LogP contribution >= 0.6 is 0 Å². The van der Waals surface area contributed by atoms with Crippen LogP contribution in [0.5, 0.6) is 5.88 Å². The van der Waals surface area contributed by atoms with Crippen molar-refractivity contribution in [1.82, 2.24) is 9.55 Å². The van der Waals surface area contributed by atoms with E-state index >= 15 is 0 Å². The summed E-state index contributed by atoms with van der Waals surface area (Å²) in [5.41, 5.74) is -2.14. The zero-order valence-corrected chi connectivity index (χ0v) is 16.3. The van der Waals surface area contributed by atoms with Crippen LogP contribution in [0.1, 0.15) is 38.7 Å². The lowest BCUT2D eigenvalue weighted by Crippen LogP contribution is -2.34. The van der Waals surface area contributed by atoms with Crippen LogP contribution in [0.3, 0.4) is 0 Å². The number of hydrogen-bond acceptors (Lipinski definition) is 5. The highest BCUT2D eigenvalue weighted by molar-refractivity contribution is 6.05. The molecular weight excluding hydrogens is 405 g/mol. The van der Waals surface area contributed by atoms with Crippen LogP contribution in [-0.4, -0.2) is 32.5 Å². The number of nitrogens with one attached hydrogen (secondary N) is 2. The minimum absolute atomic E-state index is 0.0349. The Labute approximate surface area is 169 Å². The average Bonchev–Trinajstić information content (AvgIpc) is 2.67. The van der Waals surface area contributed by atoms with Crippen molar-refractivity contribution in [3.63, 3.8) is 0 Å². The third-order valence-electron chi connectivity index (χ3n) is 4.20. The van der Waals surface area contributed by atoms with E-state index in [4.69, 9.17) is 0 Å². The second kappa shape index (κ2) is 9.42. The lowest BCUT2D eigenvalue weighted by Gasteiger charge is -2.13. The quantitative estimate of drug-likeness (QED) is 0.590. The predicted molar refractivity (Wildman–Crippen MR) is 106 cm³/mol. The SMILES string of the molecule is CCCCn1c(O)c(C(CC)=Nc2ccccc2NC(=O)C(F)(F)F)c(=O)[nH]c1=O. The number of alkyl halides is 3. The zero-order valence-electron chi connectivity index (χ0n) is 16.3. The number of anilines is 1. The van der Waals surface area contributed by atoms with Gasteiger partial charge in [0.05, 0.1) is 17.1 Å². The molecule has 0 saturated heterocycles. The molecule has 30 heavy (non-hydrogen) atoms. The van der Waals surface area contributed by atoms with Gasteiger partial charge < -0.3 is 10.4 Å². The van der Waals surface area contributed by atoms with E-state index in [2.05, 4.69) is 9.98 Å². The van der Waals surface area contributed by atoms with E-state index in [1.807, 2.05) is 6.92 Å². The molecule has 2 aromatic rings. The third-order valence-corrected chi connectivity index (χ3v) is 4.20. The number of benzene rings is 1. The summed E-state index contributed by atoms with van der Waals surface area (Å²) in [5.74, 6) is -2.74. The number of amides is 1. The molecule has 0 saturated carbocycles. The summed E-state index contributed by atoms with van der Waals surface area (Å²) >= 11 is 0. The molecule has 1 aromatic carbocycles. The summed E-state index contributed by atoms with van der Waals surface area (Å²) in [6.07, 6.45) is -3.66. The largest absolute Gasteiger partial charge is 0.494 e. The number of unbranched alkanes of at least 4 members (excludes halogenated alkanes) is 1. The molecule has 162 valence electrons. The van der Waals surface area contributed by atoms with E-state index in [0.717, 1.165) is 11.0 Å². The molecule has 11 heteroatoms. The smallest absolute Gasteiger partial charge is 0.471 e. The van der Waals surface area contributed by atoms with Crippen molar-refractivity contribution in [2.24, 2.45) is 4.99 Å². The Hall–Kier alpha value is -3.37. The van der Waals surface area contributed by atoms with Crippen molar-refractivity contribution in [2.75, 3.05) is 5.32 Å². The molecule has 0 fully saturated rings. The van der Waals surface area contributed by atoms with Crippen molar-refractivity contribution >= 4 is 23.0 Å². The first-order chi connectivity index (χ1) is 14.1. The van der Waals surface area contributed by atoms with Crippen LogP contribution < -0.4 is 16.6 Å². The molecule has 0 aliphatic rings. The summed E-state index contributed by atoms with van der Waals surface area (Å²) in [5, 5.41) is 12.3. The van der Waals surface area contributed by atoms with E-state index in [1.54, 1.807) is 12.2 Å². The highest BCUT2D eigenvalue weighted by atomic mass is 19.4. The van der Waals surface area contributed by atoms with Crippen LogP contribution in [0, 0.1) is 0 Å². The van der Waals surface area contributed by atoms with Crippen molar-refractivity contribution in [2.45, 2.75) is 45.8 Å². The van der Waals surface area contributed by atoms with Gasteiger partial charge in [0.25, 0.3) is 5.56 Å². The van der Waals surface area contributed by atoms with Gasteiger partial charge in [-0.25, -0.2) is 4.79 Å². The number of carbonyl (C=O) groups excluding carboxylic acids is 1. The highest BCUT2D eigenvalue weighted by Crippen LogP contribution is 2.28. The molecule has 2 rings (SSSR count). The van der Waals surface area contributed by atoms with Gasteiger partial charge in [0, 0.05) is 6.54 Å². The monoisotopic (exact) mass is 426 g/mol. The first-order valence-electron chi connectivity index (χ1n) is 9.21. The summed E-state index contributed by atoms with van der Waals surface area (Å²) in [4.78, 5) is 42.0. The average molecular weight is 426 g/mol. The number of carbonyl (C=O) groups is 1. The molecular formula is C19H21F3N4O4. The molecule has 0 radical (unpaired) electrons. The number of aromatic amines is 1. The van der Waals surface area contributed by atoms with Crippen LogP contribution in [-0.2, 0) is 11.3 Å². The Balaban J connectivity index is 2.58. The molecule has 0 aliphatic heterocycles. The fourth-order valence-corrected chi connectivity index (χ4v) is 2.67. The van der Waals surface area contributed by atoms with E-state index in [-0.39, 0.29) is 35.6 Å². The van der Waals surface area contributed by atoms with Gasteiger partial charge in [-0.3, -0.25) is 24.1 Å².